The Bertz CT molecular complexity index is 587. The molecule has 19 heavy (non-hydrogen) atoms. The minimum absolute atomic E-state index is 0.240. The molecule has 0 fully saturated rings. The fourth-order valence-electron chi connectivity index (χ4n) is 2.02. The lowest BCUT2D eigenvalue weighted by Gasteiger charge is -2.22. The van der Waals surface area contributed by atoms with Gasteiger partial charge in [-0.2, -0.15) is 0 Å². The highest BCUT2D eigenvalue weighted by atomic mass is 32.1. The first kappa shape index (κ1) is 13.5. The average molecular weight is 277 g/mol. The Hall–Kier alpha value is -1.88. The van der Waals surface area contributed by atoms with E-state index in [9.17, 15) is 9.59 Å². The number of carbonyl (C=O) groups is 2. The van der Waals surface area contributed by atoms with Crippen molar-refractivity contribution in [2.45, 2.75) is 19.4 Å². The van der Waals surface area contributed by atoms with Crippen molar-refractivity contribution in [1.82, 2.24) is 4.90 Å². The molecule has 100 valence electrons. The van der Waals surface area contributed by atoms with Gasteiger partial charge in [0.15, 0.2) is 0 Å². The number of carboxylic acids is 1. The van der Waals surface area contributed by atoms with Crippen molar-refractivity contribution in [2.24, 2.45) is 0 Å². The zero-order valence-electron chi connectivity index (χ0n) is 10.8. The fraction of sp³-hybridized carbons (Fsp3) is 0.286. The van der Waals surface area contributed by atoms with Crippen LogP contribution in [0.3, 0.4) is 0 Å². The monoisotopic (exact) mass is 277 g/mol. The summed E-state index contributed by atoms with van der Waals surface area (Å²) in [7, 11) is 1.54. The highest BCUT2D eigenvalue weighted by Crippen LogP contribution is 2.26. The van der Waals surface area contributed by atoms with Crippen molar-refractivity contribution in [3.05, 3.63) is 35.2 Å². The summed E-state index contributed by atoms with van der Waals surface area (Å²) in [6.45, 7) is 1.76. The first-order chi connectivity index (χ1) is 9.04. The molecule has 1 amide bonds. The minimum Gasteiger partial charge on any atom is -0.480 e. The minimum atomic E-state index is -0.973. The van der Waals surface area contributed by atoms with Crippen LogP contribution in [-0.4, -0.2) is 35.0 Å². The quantitative estimate of drug-likeness (QED) is 0.935. The summed E-state index contributed by atoms with van der Waals surface area (Å²) in [6.07, 6.45) is 0.391. The molecule has 5 heteroatoms. The number of amides is 1. The van der Waals surface area contributed by atoms with E-state index in [0.29, 0.717) is 11.3 Å². The van der Waals surface area contributed by atoms with Gasteiger partial charge >= 0.3 is 5.97 Å². The molecule has 1 aromatic carbocycles. The topological polar surface area (TPSA) is 57.6 Å². The summed E-state index contributed by atoms with van der Waals surface area (Å²) >= 11 is 1.39. The van der Waals surface area contributed by atoms with Crippen LogP contribution >= 0.6 is 11.3 Å². The van der Waals surface area contributed by atoms with Crippen LogP contribution in [-0.2, 0) is 4.79 Å². The third kappa shape index (κ3) is 2.61. The Morgan fingerprint density at radius 3 is 2.63 bits per heavy atom. The van der Waals surface area contributed by atoms with Gasteiger partial charge in [0.2, 0.25) is 0 Å². The molecule has 0 bridgehead atoms. The van der Waals surface area contributed by atoms with Crippen LogP contribution in [0.15, 0.2) is 30.3 Å². The molecular weight excluding hydrogens is 262 g/mol. The summed E-state index contributed by atoms with van der Waals surface area (Å²) in [5.74, 6) is -1.21. The third-order valence-electron chi connectivity index (χ3n) is 3.10. The molecule has 0 radical (unpaired) electrons. The Balaban J connectivity index is 2.30. The van der Waals surface area contributed by atoms with Gasteiger partial charge in [-0.25, -0.2) is 4.79 Å². The smallest absolute Gasteiger partial charge is 0.326 e. The number of carboxylic acid groups (broad SMARTS) is 1. The number of hydrogen-bond acceptors (Lipinski definition) is 3. The van der Waals surface area contributed by atoms with E-state index >= 15 is 0 Å². The number of fused-ring (bicyclic) bond motifs is 1. The second kappa shape index (κ2) is 5.40. The average Bonchev–Trinajstić information content (AvgIpc) is 2.81. The van der Waals surface area contributed by atoms with Gasteiger partial charge in [0, 0.05) is 11.7 Å². The molecule has 4 nitrogen and oxygen atoms in total. The zero-order valence-corrected chi connectivity index (χ0v) is 11.6. The summed E-state index contributed by atoms with van der Waals surface area (Å²) in [6, 6.07) is 8.76. The van der Waals surface area contributed by atoms with Crippen LogP contribution in [0.1, 0.15) is 23.0 Å². The number of rotatable bonds is 4. The molecule has 0 aliphatic rings. The third-order valence-corrected chi connectivity index (χ3v) is 4.20. The number of nitrogens with zero attached hydrogens (tertiary/aromatic N) is 1. The Labute approximate surface area is 115 Å². The van der Waals surface area contributed by atoms with Crippen LogP contribution in [0.25, 0.3) is 10.1 Å². The van der Waals surface area contributed by atoms with E-state index in [1.54, 1.807) is 6.92 Å². The Morgan fingerprint density at radius 1 is 1.37 bits per heavy atom. The van der Waals surface area contributed by atoms with Gasteiger partial charge in [0.05, 0.1) is 4.88 Å². The summed E-state index contributed by atoms with van der Waals surface area (Å²) in [4.78, 5) is 25.3. The number of hydrogen-bond donors (Lipinski definition) is 1. The molecule has 0 saturated carbocycles. The Kier molecular flexibility index (Phi) is 3.85. The molecular formula is C14H15NO3S. The van der Waals surface area contributed by atoms with Gasteiger partial charge in [-0.15, -0.1) is 11.3 Å². The van der Waals surface area contributed by atoms with Crippen molar-refractivity contribution < 1.29 is 14.7 Å². The molecule has 1 atom stereocenters. The normalized spacial score (nSPS) is 12.3. The summed E-state index contributed by atoms with van der Waals surface area (Å²) < 4.78 is 1.03. The van der Waals surface area contributed by atoms with E-state index in [2.05, 4.69) is 0 Å². The van der Waals surface area contributed by atoms with E-state index in [-0.39, 0.29) is 5.91 Å². The standard InChI is InChI=1S/C14H15NO3S/c1-3-10(14(17)18)15(2)13(16)12-8-9-6-4-5-7-11(9)19-12/h4-8,10H,3H2,1-2H3,(H,17,18). The number of carbonyl (C=O) groups excluding carboxylic acids is 1. The van der Waals surface area contributed by atoms with Crippen molar-refractivity contribution >= 4 is 33.3 Å². The molecule has 1 unspecified atom stereocenters. The molecule has 1 N–H and O–H groups in total. The van der Waals surface area contributed by atoms with Crippen LogP contribution in [0.4, 0.5) is 0 Å². The maximum Gasteiger partial charge on any atom is 0.326 e. The maximum atomic E-state index is 12.3. The zero-order chi connectivity index (χ0) is 14.0. The molecule has 0 aliphatic carbocycles. The number of aliphatic carboxylic acids is 1. The van der Waals surface area contributed by atoms with Crippen molar-refractivity contribution in [3.8, 4) is 0 Å². The fourth-order valence-corrected chi connectivity index (χ4v) is 3.06. The summed E-state index contributed by atoms with van der Waals surface area (Å²) in [5, 5.41) is 10.1. The first-order valence-electron chi connectivity index (χ1n) is 6.03. The molecule has 0 spiro atoms. The lowest BCUT2D eigenvalue weighted by atomic mass is 10.2. The molecule has 2 aromatic rings. The highest BCUT2D eigenvalue weighted by molar-refractivity contribution is 7.20. The number of benzene rings is 1. The SMILES string of the molecule is CCC(C(=O)O)N(C)C(=O)c1cc2ccccc2s1. The van der Waals surface area contributed by atoms with Gasteiger partial charge in [-0.1, -0.05) is 25.1 Å². The van der Waals surface area contributed by atoms with E-state index in [4.69, 9.17) is 5.11 Å². The van der Waals surface area contributed by atoms with Gasteiger partial charge < -0.3 is 10.0 Å². The highest BCUT2D eigenvalue weighted by Gasteiger charge is 2.26. The first-order valence-corrected chi connectivity index (χ1v) is 6.84. The predicted molar refractivity (Wildman–Crippen MR) is 75.6 cm³/mol. The van der Waals surface area contributed by atoms with E-state index in [1.807, 2.05) is 30.3 Å². The van der Waals surface area contributed by atoms with Crippen molar-refractivity contribution in [2.75, 3.05) is 7.05 Å². The van der Waals surface area contributed by atoms with Gasteiger partial charge in [0.1, 0.15) is 6.04 Å². The Morgan fingerprint density at radius 2 is 2.05 bits per heavy atom. The van der Waals surface area contributed by atoms with E-state index in [0.717, 1.165) is 10.1 Å². The second-order valence-electron chi connectivity index (χ2n) is 4.33. The molecule has 0 aliphatic heterocycles. The van der Waals surface area contributed by atoms with Crippen molar-refractivity contribution in [1.29, 1.82) is 0 Å². The number of likely N-dealkylation sites (N-methyl/N-ethyl adjacent to an activating group) is 1. The van der Waals surface area contributed by atoms with Crippen molar-refractivity contribution in [3.63, 3.8) is 0 Å². The van der Waals surface area contributed by atoms with Crippen LogP contribution in [0.5, 0.6) is 0 Å². The molecule has 0 saturated heterocycles. The van der Waals surface area contributed by atoms with Gasteiger partial charge in [-0.3, -0.25) is 4.79 Å². The molecule has 1 aromatic heterocycles. The molecule has 1 heterocycles. The van der Waals surface area contributed by atoms with Gasteiger partial charge in [-0.05, 0) is 23.9 Å². The summed E-state index contributed by atoms with van der Waals surface area (Å²) in [5.41, 5.74) is 0. The largest absolute Gasteiger partial charge is 0.480 e. The lowest BCUT2D eigenvalue weighted by molar-refractivity contribution is -0.142. The van der Waals surface area contributed by atoms with Gasteiger partial charge in [0.25, 0.3) is 5.91 Å². The van der Waals surface area contributed by atoms with Crippen LogP contribution < -0.4 is 0 Å². The van der Waals surface area contributed by atoms with E-state index in [1.165, 1.54) is 23.3 Å². The maximum absolute atomic E-state index is 12.3. The predicted octanol–water partition coefficient (Wildman–Crippen LogP) is 2.84. The van der Waals surface area contributed by atoms with Crippen LogP contribution in [0.2, 0.25) is 0 Å². The molecule has 2 rings (SSSR count). The lowest BCUT2D eigenvalue weighted by Crippen LogP contribution is -2.41. The van der Waals surface area contributed by atoms with Crippen LogP contribution in [0, 0.1) is 0 Å². The number of thiophene rings is 1. The second-order valence-corrected chi connectivity index (χ2v) is 5.41. The van der Waals surface area contributed by atoms with E-state index < -0.39 is 12.0 Å².